The molecule has 0 aliphatic heterocycles. The van der Waals surface area contributed by atoms with Gasteiger partial charge >= 0.3 is 0 Å². The van der Waals surface area contributed by atoms with Gasteiger partial charge in [-0.1, -0.05) is 55.0 Å². The Labute approximate surface area is 138 Å². The number of aryl methyl sites for hydroxylation is 3. The average molecular weight is 308 g/mol. The molecule has 0 radical (unpaired) electrons. The van der Waals surface area contributed by atoms with E-state index in [0.29, 0.717) is 6.42 Å². The van der Waals surface area contributed by atoms with Crippen molar-refractivity contribution in [1.29, 1.82) is 0 Å². The summed E-state index contributed by atoms with van der Waals surface area (Å²) in [5.74, 6) is -0.0959. The van der Waals surface area contributed by atoms with Crippen molar-refractivity contribution in [3.63, 3.8) is 0 Å². The van der Waals surface area contributed by atoms with E-state index < -0.39 is 0 Å². The maximum absolute atomic E-state index is 12.1. The molecule has 0 atom stereocenters. The third-order valence-electron chi connectivity index (χ3n) is 3.98. The Kier molecular flexibility index (Phi) is 5.69. The standard InChI is InChI=1S/C20H24N2O/c1-5-17-7-10-18(11-8-17)16(4)21-22-20(23)13-19-9-6-14(2)12-15(19)3/h6-12H,5,13H2,1-4H3,(H,22,23)/b21-16-. The molecule has 0 bridgehead atoms. The van der Waals surface area contributed by atoms with Crippen LogP contribution in [0.15, 0.2) is 47.6 Å². The summed E-state index contributed by atoms with van der Waals surface area (Å²) in [4.78, 5) is 12.1. The van der Waals surface area contributed by atoms with Gasteiger partial charge in [0.25, 0.3) is 0 Å². The zero-order valence-electron chi connectivity index (χ0n) is 14.3. The minimum atomic E-state index is -0.0959. The Hall–Kier alpha value is -2.42. The van der Waals surface area contributed by atoms with Crippen LogP contribution in [0.3, 0.4) is 0 Å². The van der Waals surface area contributed by atoms with Crippen LogP contribution in [0.2, 0.25) is 0 Å². The van der Waals surface area contributed by atoms with Gasteiger partial charge in [0, 0.05) is 0 Å². The molecule has 120 valence electrons. The molecule has 0 heterocycles. The van der Waals surface area contributed by atoms with Crippen LogP contribution in [0.5, 0.6) is 0 Å². The molecule has 3 nitrogen and oxygen atoms in total. The number of hydrogen-bond acceptors (Lipinski definition) is 2. The fourth-order valence-corrected chi connectivity index (χ4v) is 2.45. The Morgan fingerprint density at radius 1 is 1.09 bits per heavy atom. The molecular formula is C20H24N2O. The second kappa shape index (κ2) is 7.73. The number of amides is 1. The third kappa shape index (κ3) is 4.78. The molecule has 0 fully saturated rings. The SMILES string of the molecule is CCc1ccc(/C(C)=N\NC(=O)Cc2ccc(C)cc2C)cc1. The van der Waals surface area contributed by atoms with E-state index in [1.807, 2.05) is 45.0 Å². The van der Waals surface area contributed by atoms with Gasteiger partial charge in [0.15, 0.2) is 0 Å². The molecule has 2 aromatic rings. The van der Waals surface area contributed by atoms with Crippen LogP contribution in [0.25, 0.3) is 0 Å². The van der Waals surface area contributed by atoms with Crippen LogP contribution in [-0.2, 0) is 17.6 Å². The van der Waals surface area contributed by atoms with Gasteiger partial charge in [-0.3, -0.25) is 4.79 Å². The number of hydrogen-bond donors (Lipinski definition) is 1. The summed E-state index contributed by atoms with van der Waals surface area (Å²) in [5.41, 5.74) is 9.15. The van der Waals surface area contributed by atoms with E-state index >= 15 is 0 Å². The Balaban J connectivity index is 1.99. The highest BCUT2D eigenvalue weighted by Gasteiger charge is 2.06. The highest BCUT2D eigenvalue weighted by molar-refractivity contribution is 5.99. The van der Waals surface area contributed by atoms with Gasteiger partial charge in [-0.05, 0) is 49.4 Å². The van der Waals surface area contributed by atoms with E-state index in [0.717, 1.165) is 28.8 Å². The van der Waals surface area contributed by atoms with Crippen molar-refractivity contribution in [3.05, 3.63) is 70.3 Å². The van der Waals surface area contributed by atoms with Crippen molar-refractivity contribution in [3.8, 4) is 0 Å². The average Bonchev–Trinajstić information content (AvgIpc) is 2.55. The number of carbonyl (C=O) groups is 1. The predicted molar refractivity (Wildman–Crippen MR) is 95.8 cm³/mol. The summed E-state index contributed by atoms with van der Waals surface area (Å²) >= 11 is 0. The first-order chi connectivity index (χ1) is 11.0. The van der Waals surface area contributed by atoms with Gasteiger partial charge in [0.05, 0.1) is 12.1 Å². The summed E-state index contributed by atoms with van der Waals surface area (Å²) in [5, 5.41) is 4.21. The van der Waals surface area contributed by atoms with Gasteiger partial charge in [-0.15, -0.1) is 0 Å². The lowest BCUT2D eigenvalue weighted by atomic mass is 10.0. The van der Waals surface area contributed by atoms with E-state index in [1.54, 1.807) is 0 Å². The molecule has 0 spiro atoms. The summed E-state index contributed by atoms with van der Waals surface area (Å²) in [6.07, 6.45) is 1.36. The summed E-state index contributed by atoms with van der Waals surface area (Å²) in [6, 6.07) is 14.4. The van der Waals surface area contributed by atoms with Crippen molar-refractivity contribution >= 4 is 11.6 Å². The first kappa shape index (κ1) is 16.9. The van der Waals surface area contributed by atoms with E-state index in [2.05, 4.69) is 35.7 Å². The first-order valence-corrected chi connectivity index (χ1v) is 7.98. The van der Waals surface area contributed by atoms with Gasteiger partial charge < -0.3 is 0 Å². The van der Waals surface area contributed by atoms with E-state index in [4.69, 9.17) is 0 Å². The van der Waals surface area contributed by atoms with E-state index in [-0.39, 0.29) is 5.91 Å². The topological polar surface area (TPSA) is 41.5 Å². The lowest BCUT2D eigenvalue weighted by Crippen LogP contribution is -2.21. The highest BCUT2D eigenvalue weighted by atomic mass is 16.2. The van der Waals surface area contributed by atoms with Crippen molar-refractivity contribution in [2.45, 2.75) is 40.5 Å². The molecule has 2 rings (SSSR count). The first-order valence-electron chi connectivity index (χ1n) is 7.98. The van der Waals surface area contributed by atoms with Crippen LogP contribution in [0.4, 0.5) is 0 Å². The molecule has 0 aromatic heterocycles. The smallest absolute Gasteiger partial charge is 0.244 e. The number of nitrogens with one attached hydrogen (secondary N) is 1. The number of carbonyl (C=O) groups excluding carboxylic acids is 1. The van der Waals surface area contributed by atoms with Crippen molar-refractivity contribution in [1.82, 2.24) is 5.43 Å². The monoisotopic (exact) mass is 308 g/mol. The largest absolute Gasteiger partial charge is 0.273 e. The zero-order valence-corrected chi connectivity index (χ0v) is 14.3. The number of rotatable bonds is 5. The van der Waals surface area contributed by atoms with Crippen LogP contribution in [-0.4, -0.2) is 11.6 Å². The molecule has 1 amide bonds. The van der Waals surface area contributed by atoms with Gasteiger partial charge in [0.1, 0.15) is 0 Å². The van der Waals surface area contributed by atoms with Gasteiger partial charge in [0.2, 0.25) is 5.91 Å². The predicted octanol–water partition coefficient (Wildman–Crippen LogP) is 3.95. The molecule has 2 aromatic carbocycles. The quantitative estimate of drug-likeness (QED) is 0.659. The molecule has 23 heavy (non-hydrogen) atoms. The normalized spacial score (nSPS) is 11.4. The number of nitrogens with zero attached hydrogens (tertiary/aromatic N) is 1. The summed E-state index contributed by atoms with van der Waals surface area (Å²) in [7, 11) is 0. The molecule has 0 saturated carbocycles. The highest BCUT2D eigenvalue weighted by Crippen LogP contribution is 2.11. The fraction of sp³-hybridized carbons (Fsp3) is 0.300. The summed E-state index contributed by atoms with van der Waals surface area (Å²) < 4.78 is 0. The maximum Gasteiger partial charge on any atom is 0.244 e. The third-order valence-corrected chi connectivity index (χ3v) is 3.98. The molecular weight excluding hydrogens is 284 g/mol. The van der Waals surface area contributed by atoms with Crippen LogP contribution in [0, 0.1) is 13.8 Å². The van der Waals surface area contributed by atoms with Crippen LogP contribution in [0.1, 0.15) is 41.7 Å². The van der Waals surface area contributed by atoms with E-state index in [9.17, 15) is 4.79 Å². The second-order valence-corrected chi connectivity index (χ2v) is 5.89. The molecule has 3 heteroatoms. The number of benzene rings is 2. The fourth-order valence-electron chi connectivity index (χ4n) is 2.45. The second-order valence-electron chi connectivity index (χ2n) is 5.89. The number of hydrazone groups is 1. The van der Waals surface area contributed by atoms with Crippen molar-refractivity contribution in [2.75, 3.05) is 0 Å². The molecule has 0 aliphatic rings. The molecule has 1 N–H and O–H groups in total. The lowest BCUT2D eigenvalue weighted by Gasteiger charge is -2.07. The zero-order chi connectivity index (χ0) is 16.8. The van der Waals surface area contributed by atoms with Gasteiger partial charge in [-0.2, -0.15) is 5.10 Å². The van der Waals surface area contributed by atoms with Crippen LogP contribution >= 0.6 is 0 Å². The van der Waals surface area contributed by atoms with E-state index in [1.165, 1.54) is 11.1 Å². The molecule has 0 saturated heterocycles. The Morgan fingerprint density at radius 3 is 2.39 bits per heavy atom. The molecule has 0 aliphatic carbocycles. The lowest BCUT2D eigenvalue weighted by molar-refractivity contribution is -0.120. The van der Waals surface area contributed by atoms with Crippen molar-refractivity contribution in [2.24, 2.45) is 5.10 Å². The van der Waals surface area contributed by atoms with Crippen molar-refractivity contribution < 1.29 is 4.79 Å². The molecule has 0 unspecified atom stereocenters. The Bertz CT molecular complexity index is 715. The van der Waals surface area contributed by atoms with Gasteiger partial charge in [-0.25, -0.2) is 5.43 Å². The maximum atomic E-state index is 12.1. The minimum Gasteiger partial charge on any atom is -0.273 e. The van der Waals surface area contributed by atoms with Crippen LogP contribution < -0.4 is 5.43 Å². The summed E-state index contributed by atoms with van der Waals surface area (Å²) in [6.45, 7) is 8.11. The minimum absolute atomic E-state index is 0.0959. The Morgan fingerprint density at radius 2 is 1.78 bits per heavy atom.